The van der Waals surface area contributed by atoms with E-state index < -0.39 is 5.97 Å². The Kier molecular flexibility index (Phi) is 2.23. The predicted molar refractivity (Wildman–Crippen MR) is 39.8 cm³/mol. The Morgan fingerprint density at radius 3 is 2.58 bits per heavy atom. The molecule has 0 atom stereocenters. The van der Waals surface area contributed by atoms with Crippen LogP contribution in [0.1, 0.15) is 18.6 Å². The lowest BCUT2D eigenvalue weighted by molar-refractivity contribution is -0.131. The fourth-order valence-corrected chi connectivity index (χ4v) is 0.697. The van der Waals surface area contributed by atoms with E-state index >= 15 is 0 Å². The number of rotatable bonds is 1. The van der Waals surface area contributed by atoms with Gasteiger partial charge in [-0.2, -0.15) is 5.10 Å². The van der Waals surface area contributed by atoms with E-state index in [4.69, 9.17) is 0 Å². The molecule has 1 aromatic heterocycles. The lowest BCUT2D eigenvalue weighted by atomic mass is 10.6. The number of hydrogen-bond donors (Lipinski definition) is 0. The van der Waals surface area contributed by atoms with Gasteiger partial charge in [-0.15, -0.1) is 0 Å². The molecule has 5 heteroatoms. The summed E-state index contributed by atoms with van der Waals surface area (Å²) >= 11 is 0. The Balaban J connectivity index is 2.77. The summed E-state index contributed by atoms with van der Waals surface area (Å²) in [7, 11) is 0. The molecule has 1 rings (SSSR count). The molecule has 0 saturated heterocycles. The number of esters is 1. The summed E-state index contributed by atoms with van der Waals surface area (Å²) in [5.74, 6) is -0.385. The molecule has 0 aliphatic rings. The van der Waals surface area contributed by atoms with Gasteiger partial charge >= 0.3 is 5.97 Å². The second-order valence-electron chi connectivity index (χ2n) is 2.23. The smallest absolute Gasteiger partial charge is 0.308 e. The topological polar surface area (TPSA) is 61.2 Å². The number of carbonyl (C=O) groups excluding carboxylic acids is 2. The molecule has 64 valence electrons. The normalized spacial score (nSPS) is 9.50. The highest BCUT2D eigenvalue weighted by molar-refractivity contribution is 5.75. The van der Waals surface area contributed by atoms with Gasteiger partial charge in [0, 0.05) is 13.8 Å². The number of ether oxygens (including phenoxy) is 1. The van der Waals surface area contributed by atoms with Crippen molar-refractivity contribution in [2.24, 2.45) is 0 Å². The largest absolute Gasteiger partial charge is 0.423 e. The molecule has 0 aliphatic carbocycles. The first-order valence-electron chi connectivity index (χ1n) is 3.33. The monoisotopic (exact) mass is 168 g/mol. The first kappa shape index (κ1) is 8.45. The van der Waals surface area contributed by atoms with Crippen LogP contribution in [0.25, 0.3) is 0 Å². The maximum Gasteiger partial charge on any atom is 0.308 e. The summed E-state index contributed by atoms with van der Waals surface area (Å²) in [6.45, 7) is 2.65. The lowest BCUT2D eigenvalue weighted by Gasteiger charge is -1.93. The lowest BCUT2D eigenvalue weighted by Crippen LogP contribution is -2.05. The van der Waals surface area contributed by atoms with E-state index in [0.717, 1.165) is 4.68 Å². The van der Waals surface area contributed by atoms with E-state index in [2.05, 4.69) is 9.84 Å². The summed E-state index contributed by atoms with van der Waals surface area (Å²) in [5.41, 5.74) is 0. The highest BCUT2D eigenvalue weighted by Gasteiger charge is 2.03. The zero-order chi connectivity index (χ0) is 9.14. The molecular weight excluding hydrogens is 160 g/mol. The fourth-order valence-electron chi connectivity index (χ4n) is 0.697. The van der Waals surface area contributed by atoms with E-state index in [1.54, 1.807) is 0 Å². The third-order valence-electron chi connectivity index (χ3n) is 1.14. The van der Waals surface area contributed by atoms with E-state index in [-0.39, 0.29) is 11.7 Å². The first-order chi connectivity index (χ1) is 5.59. The standard InChI is InChI=1S/C7H8N2O3/c1-5(10)9-4-7(3-8-9)12-6(2)11/h3-4H,1-2H3. The van der Waals surface area contributed by atoms with E-state index in [9.17, 15) is 9.59 Å². The van der Waals surface area contributed by atoms with Gasteiger partial charge in [0.15, 0.2) is 5.75 Å². The van der Waals surface area contributed by atoms with Crippen LogP contribution in [0.4, 0.5) is 0 Å². The molecule has 0 aromatic carbocycles. The van der Waals surface area contributed by atoms with Gasteiger partial charge in [0.05, 0.1) is 12.4 Å². The van der Waals surface area contributed by atoms with Crippen LogP contribution in [0.15, 0.2) is 12.4 Å². The van der Waals surface area contributed by atoms with Crippen molar-refractivity contribution in [2.45, 2.75) is 13.8 Å². The molecule has 0 spiro atoms. The van der Waals surface area contributed by atoms with E-state index in [1.165, 1.54) is 26.2 Å². The van der Waals surface area contributed by atoms with Gasteiger partial charge < -0.3 is 4.74 Å². The van der Waals surface area contributed by atoms with Crippen LogP contribution in [0, 0.1) is 0 Å². The van der Waals surface area contributed by atoms with Crippen molar-refractivity contribution in [3.05, 3.63) is 12.4 Å². The van der Waals surface area contributed by atoms with Crippen LogP contribution < -0.4 is 4.74 Å². The van der Waals surface area contributed by atoms with Crippen molar-refractivity contribution >= 4 is 11.9 Å². The number of carbonyl (C=O) groups is 2. The van der Waals surface area contributed by atoms with Crippen molar-refractivity contribution in [2.75, 3.05) is 0 Å². The molecule has 0 N–H and O–H groups in total. The van der Waals surface area contributed by atoms with Crippen molar-refractivity contribution in [3.8, 4) is 5.75 Å². The van der Waals surface area contributed by atoms with Gasteiger partial charge in [0.25, 0.3) is 0 Å². The predicted octanol–water partition coefficient (Wildman–Crippen LogP) is 0.468. The molecule has 5 nitrogen and oxygen atoms in total. The van der Waals surface area contributed by atoms with Gasteiger partial charge in [-0.25, -0.2) is 4.68 Å². The average Bonchev–Trinajstić information content (AvgIpc) is 2.34. The first-order valence-corrected chi connectivity index (χ1v) is 3.33. The number of nitrogens with zero attached hydrogens (tertiary/aromatic N) is 2. The van der Waals surface area contributed by atoms with Crippen molar-refractivity contribution in [1.82, 2.24) is 9.78 Å². The number of hydrogen-bond acceptors (Lipinski definition) is 4. The maximum atomic E-state index is 10.7. The Bertz CT molecular complexity index is 316. The minimum atomic E-state index is -0.432. The molecule has 0 radical (unpaired) electrons. The highest BCUT2D eigenvalue weighted by Crippen LogP contribution is 2.07. The van der Waals surface area contributed by atoms with Crippen LogP contribution in [0.2, 0.25) is 0 Å². The average molecular weight is 168 g/mol. The Morgan fingerprint density at radius 2 is 2.17 bits per heavy atom. The van der Waals surface area contributed by atoms with E-state index in [0.29, 0.717) is 0 Å². The van der Waals surface area contributed by atoms with E-state index in [1.807, 2.05) is 0 Å². The van der Waals surface area contributed by atoms with Crippen LogP contribution in [0.3, 0.4) is 0 Å². The van der Waals surface area contributed by atoms with Crippen LogP contribution in [-0.4, -0.2) is 21.7 Å². The summed E-state index contributed by atoms with van der Waals surface area (Å²) < 4.78 is 5.77. The molecule has 12 heavy (non-hydrogen) atoms. The molecule has 1 aromatic rings. The second kappa shape index (κ2) is 3.17. The number of aromatic nitrogens is 2. The Labute approximate surface area is 68.9 Å². The summed E-state index contributed by atoms with van der Waals surface area (Å²) in [6, 6.07) is 0. The molecule has 0 fully saturated rings. The zero-order valence-electron chi connectivity index (χ0n) is 6.77. The van der Waals surface area contributed by atoms with Crippen LogP contribution >= 0.6 is 0 Å². The SMILES string of the molecule is CC(=O)Oc1cnn(C(C)=O)c1. The quantitative estimate of drug-likeness (QED) is 0.572. The maximum absolute atomic E-state index is 10.7. The van der Waals surface area contributed by atoms with Crippen molar-refractivity contribution in [3.63, 3.8) is 0 Å². The Morgan fingerprint density at radius 1 is 1.50 bits per heavy atom. The van der Waals surface area contributed by atoms with Crippen LogP contribution in [0.5, 0.6) is 5.75 Å². The molecule has 0 amide bonds. The summed E-state index contributed by atoms with van der Waals surface area (Å²) in [5, 5.41) is 3.66. The highest BCUT2D eigenvalue weighted by atomic mass is 16.5. The minimum Gasteiger partial charge on any atom is -0.423 e. The molecule has 0 unspecified atom stereocenters. The fraction of sp³-hybridized carbons (Fsp3) is 0.286. The summed E-state index contributed by atoms with van der Waals surface area (Å²) in [6.07, 6.45) is 2.66. The van der Waals surface area contributed by atoms with Crippen molar-refractivity contribution in [1.29, 1.82) is 0 Å². The van der Waals surface area contributed by atoms with Crippen molar-refractivity contribution < 1.29 is 14.3 Å². The molecule has 0 saturated carbocycles. The van der Waals surface area contributed by atoms with Gasteiger partial charge in [-0.1, -0.05) is 0 Å². The molecule has 0 aliphatic heterocycles. The molecule has 1 heterocycles. The molecule has 0 bridgehead atoms. The zero-order valence-corrected chi connectivity index (χ0v) is 6.77. The van der Waals surface area contributed by atoms with Gasteiger partial charge in [-0.3, -0.25) is 9.59 Å². The summed E-state index contributed by atoms with van der Waals surface area (Å²) in [4.78, 5) is 21.2. The van der Waals surface area contributed by atoms with Gasteiger partial charge in [0.1, 0.15) is 0 Å². The van der Waals surface area contributed by atoms with Crippen LogP contribution in [-0.2, 0) is 4.79 Å². The molecular formula is C7H8N2O3. The van der Waals surface area contributed by atoms with Gasteiger partial charge in [-0.05, 0) is 0 Å². The third-order valence-corrected chi connectivity index (χ3v) is 1.14. The third kappa shape index (κ3) is 1.91. The second-order valence-corrected chi connectivity index (χ2v) is 2.23. The van der Waals surface area contributed by atoms with Gasteiger partial charge in [0.2, 0.25) is 5.91 Å². The Hall–Kier alpha value is -1.65. The minimum absolute atomic E-state index is 0.228.